The molecular weight excluding hydrogens is 230 g/mol. The molecule has 4 nitrogen and oxygen atoms in total. The Morgan fingerprint density at radius 2 is 2.11 bits per heavy atom. The second-order valence-electron chi connectivity index (χ2n) is 5.69. The van der Waals surface area contributed by atoms with Gasteiger partial charge in [0.25, 0.3) is 0 Å². The summed E-state index contributed by atoms with van der Waals surface area (Å²) in [6.45, 7) is 9.17. The highest BCUT2D eigenvalue weighted by Crippen LogP contribution is 2.28. The van der Waals surface area contributed by atoms with E-state index in [2.05, 4.69) is 6.58 Å². The molecule has 18 heavy (non-hydrogen) atoms. The van der Waals surface area contributed by atoms with Crippen LogP contribution in [0.3, 0.4) is 0 Å². The molecule has 1 aliphatic rings. The molecular formula is C14H23NO3. The Morgan fingerprint density at radius 1 is 1.44 bits per heavy atom. The molecule has 0 aromatic heterocycles. The Bertz CT molecular complexity index is 319. The van der Waals surface area contributed by atoms with E-state index in [1.54, 1.807) is 4.90 Å². The van der Waals surface area contributed by atoms with Crippen LogP contribution in [-0.2, 0) is 9.53 Å². The molecule has 1 saturated heterocycles. The number of ether oxygens (including phenoxy) is 1. The maximum absolute atomic E-state index is 12.1. The summed E-state index contributed by atoms with van der Waals surface area (Å²) in [7, 11) is 0. The second-order valence-corrected chi connectivity index (χ2v) is 5.69. The first kappa shape index (κ1) is 14.7. The highest BCUT2D eigenvalue weighted by molar-refractivity contribution is 5.75. The fourth-order valence-corrected chi connectivity index (χ4v) is 2.24. The highest BCUT2D eigenvalue weighted by Gasteiger charge is 2.38. The van der Waals surface area contributed by atoms with Gasteiger partial charge in [-0.1, -0.05) is 6.08 Å². The molecule has 102 valence electrons. The number of nitrogens with zero attached hydrogens (tertiary/aromatic N) is 1. The first-order valence-electron chi connectivity index (χ1n) is 6.46. The van der Waals surface area contributed by atoms with Gasteiger partial charge in [-0.3, -0.25) is 4.90 Å². The standard InChI is InChI=1S/C14H23NO3/c1-5-6-7-11-8-9-12(10-16)15(11)13(17)18-14(2,3)4/h5,10-12H,1,6-9H2,2-4H3/t11-,12-/m0/s1. The van der Waals surface area contributed by atoms with Crippen LogP contribution in [0.2, 0.25) is 0 Å². The summed E-state index contributed by atoms with van der Waals surface area (Å²) in [6, 6.07) is -0.247. The van der Waals surface area contributed by atoms with Gasteiger partial charge in [-0.05, 0) is 46.5 Å². The molecule has 0 bridgehead atoms. The molecule has 0 spiro atoms. The van der Waals surface area contributed by atoms with E-state index < -0.39 is 5.60 Å². The smallest absolute Gasteiger partial charge is 0.411 e. The van der Waals surface area contributed by atoms with Gasteiger partial charge in [0, 0.05) is 6.04 Å². The summed E-state index contributed by atoms with van der Waals surface area (Å²) < 4.78 is 5.37. The van der Waals surface area contributed by atoms with Crippen molar-refractivity contribution in [2.24, 2.45) is 0 Å². The van der Waals surface area contributed by atoms with E-state index in [0.717, 1.165) is 32.0 Å². The average molecular weight is 253 g/mol. The highest BCUT2D eigenvalue weighted by atomic mass is 16.6. The minimum Gasteiger partial charge on any atom is -0.444 e. The molecule has 0 unspecified atom stereocenters. The third kappa shape index (κ3) is 3.86. The molecule has 0 saturated carbocycles. The van der Waals surface area contributed by atoms with Crippen LogP contribution < -0.4 is 0 Å². The summed E-state index contributed by atoms with van der Waals surface area (Å²) >= 11 is 0. The Kier molecular flexibility index (Phi) is 4.93. The number of allylic oxidation sites excluding steroid dienone is 1. The van der Waals surface area contributed by atoms with Crippen LogP contribution in [0.1, 0.15) is 46.5 Å². The average Bonchev–Trinajstić information content (AvgIpc) is 2.66. The van der Waals surface area contributed by atoms with Crippen LogP contribution >= 0.6 is 0 Å². The monoisotopic (exact) mass is 253 g/mol. The Balaban J connectivity index is 2.73. The van der Waals surface area contributed by atoms with Crippen LogP contribution in [0, 0.1) is 0 Å². The van der Waals surface area contributed by atoms with Crippen molar-refractivity contribution in [2.45, 2.75) is 64.1 Å². The molecule has 0 aromatic rings. The topological polar surface area (TPSA) is 46.6 Å². The van der Waals surface area contributed by atoms with E-state index >= 15 is 0 Å². The number of hydrogen-bond donors (Lipinski definition) is 0. The molecule has 1 rings (SSSR count). The molecule has 0 aromatic carbocycles. The second kappa shape index (κ2) is 6.03. The van der Waals surface area contributed by atoms with Crippen molar-refractivity contribution in [1.82, 2.24) is 4.90 Å². The number of carbonyl (C=O) groups is 2. The zero-order valence-corrected chi connectivity index (χ0v) is 11.5. The predicted molar refractivity (Wildman–Crippen MR) is 70.4 cm³/mol. The van der Waals surface area contributed by atoms with Gasteiger partial charge in [0.05, 0.1) is 6.04 Å². The van der Waals surface area contributed by atoms with Crippen molar-refractivity contribution in [3.63, 3.8) is 0 Å². The van der Waals surface area contributed by atoms with E-state index in [1.807, 2.05) is 26.8 Å². The third-order valence-electron chi connectivity index (χ3n) is 3.01. The van der Waals surface area contributed by atoms with Gasteiger partial charge in [-0.2, -0.15) is 0 Å². The van der Waals surface area contributed by atoms with E-state index in [1.165, 1.54) is 0 Å². The van der Waals surface area contributed by atoms with Crippen LogP contribution in [0.25, 0.3) is 0 Å². The molecule has 0 radical (unpaired) electrons. The molecule has 1 aliphatic heterocycles. The lowest BCUT2D eigenvalue weighted by molar-refractivity contribution is -0.112. The Labute approximate surface area is 109 Å². The normalized spacial score (nSPS) is 23.8. The zero-order chi connectivity index (χ0) is 13.8. The van der Waals surface area contributed by atoms with Gasteiger partial charge < -0.3 is 9.53 Å². The lowest BCUT2D eigenvalue weighted by Crippen LogP contribution is -2.44. The Hall–Kier alpha value is -1.32. The molecule has 1 amide bonds. The van der Waals surface area contributed by atoms with Crippen molar-refractivity contribution < 1.29 is 14.3 Å². The van der Waals surface area contributed by atoms with Crippen molar-refractivity contribution in [3.05, 3.63) is 12.7 Å². The van der Waals surface area contributed by atoms with E-state index in [9.17, 15) is 9.59 Å². The lowest BCUT2D eigenvalue weighted by atomic mass is 10.1. The van der Waals surface area contributed by atoms with Crippen molar-refractivity contribution in [3.8, 4) is 0 Å². The summed E-state index contributed by atoms with van der Waals surface area (Å²) in [5.74, 6) is 0. The van der Waals surface area contributed by atoms with Gasteiger partial charge in [-0.25, -0.2) is 4.79 Å². The summed E-state index contributed by atoms with van der Waals surface area (Å²) in [5, 5.41) is 0. The number of carbonyl (C=O) groups excluding carboxylic acids is 2. The maximum Gasteiger partial charge on any atom is 0.411 e. The maximum atomic E-state index is 12.1. The fourth-order valence-electron chi connectivity index (χ4n) is 2.24. The quantitative estimate of drug-likeness (QED) is 0.571. The van der Waals surface area contributed by atoms with Crippen LogP contribution in [0.4, 0.5) is 4.79 Å². The summed E-state index contributed by atoms with van der Waals surface area (Å²) in [6.07, 6.45) is 5.56. The largest absolute Gasteiger partial charge is 0.444 e. The van der Waals surface area contributed by atoms with E-state index in [-0.39, 0.29) is 18.2 Å². The van der Waals surface area contributed by atoms with Crippen molar-refractivity contribution in [2.75, 3.05) is 0 Å². The first-order valence-corrected chi connectivity index (χ1v) is 6.46. The Morgan fingerprint density at radius 3 is 2.61 bits per heavy atom. The molecule has 4 heteroatoms. The molecule has 0 N–H and O–H groups in total. The minimum absolute atomic E-state index is 0.0908. The zero-order valence-electron chi connectivity index (χ0n) is 11.5. The van der Waals surface area contributed by atoms with Gasteiger partial charge in [0.15, 0.2) is 0 Å². The third-order valence-corrected chi connectivity index (χ3v) is 3.01. The molecule has 1 fully saturated rings. The predicted octanol–water partition coefficient (Wildman–Crippen LogP) is 2.92. The van der Waals surface area contributed by atoms with Gasteiger partial charge >= 0.3 is 6.09 Å². The number of aldehydes is 1. The minimum atomic E-state index is -0.532. The molecule has 0 aliphatic carbocycles. The van der Waals surface area contributed by atoms with Crippen LogP contribution in [0.5, 0.6) is 0 Å². The lowest BCUT2D eigenvalue weighted by Gasteiger charge is -2.30. The number of likely N-dealkylation sites (tertiary alicyclic amines) is 1. The fraction of sp³-hybridized carbons (Fsp3) is 0.714. The summed E-state index contributed by atoms with van der Waals surface area (Å²) in [4.78, 5) is 24.8. The molecule has 2 atom stereocenters. The van der Waals surface area contributed by atoms with Crippen molar-refractivity contribution in [1.29, 1.82) is 0 Å². The van der Waals surface area contributed by atoms with E-state index in [0.29, 0.717) is 0 Å². The van der Waals surface area contributed by atoms with Gasteiger partial charge in [-0.15, -0.1) is 6.58 Å². The first-order chi connectivity index (χ1) is 8.39. The van der Waals surface area contributed by atoms with Crippen molar-refractivity contribution >= 4 is 12.4 Å². The van der Waals surface area contributed by atoms with Gasteiger partial charge in [0.2, 0.25) is 0 Å². The van der Waals surface area contributed by atoms with E-state index in [4.69, 9.17) is 4.74 Å². The SMILES string of the molecule is C=CCC[C@H]1CC[C@@H](C=O)N1C(=O)OC(C)(C)C. The number of amides is 1. The van der Waals surface area contributed by atoms with Crippen LogP contribution in [0.15, 0.2) is 12.7 Å². The number of rotatable bonds is 4. The van der Waals surface area contributed by atoms with Gasteiger partial charge in [0.1, 0.15) is 11.9 Å². The summed E-state index contributed by atoms with van der Waals surface area (Å²) in [5.41, 5.74) is -0.532. The van der Waals surface area contributed by atoms with Crippen LogP contribution in [-0.4, -0.2) is 35.0 Å². The number of hydrogen-bond acceptors (Lipinski definition) is 3. The molecule has 1 heterocycles.